The molecule has 3 nitrogen and oxygen atoms in total. The Bertz CT molecular complexity index is 599. The number of piperidine rings is 1. The first-order valence-corrected chi connectivity index (χ1v) is 12.7. The van der Waals surface area contributed by atoms with Crippen molar-refractivity contribution >= 4 is 27.5 Å². The second kappa shape index (κ2) is 12.7. The van der Waals surface area contributed by atoms with E-state index in [1.807, 2.05) is 6.07 Å². The molecule has 1 aliphatic carbocycles. The molecule has 0 radical (unpaired) electrons. The zero-order chi connectivity index (χ0) is 20.5. The van der Waals surface area contributed by atoms with Crippen molar-refractivity contribution in [2.45, 2.75) is 63.8 Å². The number of nitrogens with zero attached hydrogens (tertiary/aromatic N) is 1. The lowest BCUT2D eigenvalue weighted by Gasteiger charge is -2.33. The average molecular weight is 486 g/mol. The summed E-state index contributed by atoms with van der Waals surface area (Å²) in [4.78, 5) is 2.70. The molecule has 5 heteroatoms. The number of methoxy groups -OCH3 is 1. The Morgan fingerprint density at radius 1 is 1.10 bits per heavy atom. The zero-order valence-electron chi connectivity index (χ0n) is 18.0. The first-order valence-electron chi connectivity index (χ1n) is 11.5. The number of nitrogens with one attached hydrogen (secondary N) is 1. The van der Waals surface area contributed by atoms with Gasteiger partial charge in [0.05, 0.1) is 6.61 Å². The lowest BCUT2D eigenvalue weighted by Crippen LogP contribution is -2.36. The largest absolute Gasteiger partial charge is 0.383 e. The Kier molecular flexibility index (Phi) is 10.3. The maximum absolute atomic E-state index is 6.18. The van der Waals surface area contributed by atoms with Crippen molar-refractivity contribution in [3.8, 4) is 0 Å². The van der Waals surface area contributed by atoms with Gasteiger partial charge in [-0.15, -0.1) is 0 Å². The quantitative estimate of drug-likeness (QED) is 0.416. The second-order valence-corrected chi connectivity index (χ2v) is 10.3. The van der Waals surface area contributed by atoms with Crippen LogP contribution in [0.5, 0.6) is 0 Å². The average Bonchev–Trinajstić information content (AvgIpc) is 2.73. The van der Waals surface area contributed by atoms with Crippen LogP contribution >= 0.6 is 27.5 Å². The van der Waals surface area contributed by atoms with Crippen LogP contribution in [0.3, 0.4) is 0 Å². The molecule has 0 spiro atoms. The molecular weight excluding hydrogens is 448 g/mol. The molecule has 0 bridgehead atoms. The van der Waals surface area contributed by atoms with Gasteiger partial charge in [-0.3, -0.25) is 0 Å². The molecule has 2 aliphatic rings. The van der Waals surface area contributed by atoms with Gasteiger partial charge < -0.3 is 15.0 Å². The van der Waals surface area contributed by atoms with E-state index in [2.05, 4.69) is 38.3 Å². The minimum absolute atomic E-state index is 0.722. The number of rotatable bonds is 10. The van der Waals surface area contributed by atoms with Gasteiger partial charge in [0.15, 0.2) is 0 Å². The van der Waals surface area contributed by atoms with E-state index in [4.69, 9.17) is 16.3 Å². The topological polar surface area (TPSA) is 24.5 Å². The van der Waals surface area contributed by atoms with E-state index >= 15 is 0 Å². The maximum Gasteiger partial charge on any atom is 0.0587 e. The maximum atomic E-state index is 6.18. The van der Waals surface area contributed by atoms with Crippen LogP contribution in [0, 0.1) is 11.8 Å². The van der Waals surface area contributed by atoms with E-state index in [1.165, 1.54) is 81.0 Å². The first kappa shape index (κ1) is 23.5. The van der Waals surface area contributed by atoms with Gasteiger partial charge >= 0.3 is 0 Å². The van der Waals surface area contributed by atoms with Crippen LogP contribution in [0.2, 0.25) is 5.02 Å². The Balaban J connectivity index is 1.26. The Labute approximate surface area is 191 Å². The van der Waals surface area contributed by atoms with E-state index in [1.54, 1.807) is 7.11 Å². The highest BCUT2D eigenvalue weighted by Crippen LogP contribution is 2.30. The molecule has 0 aromatic heterocycles. The fourth-order valence-corrected chi connectivity index (χ4v) is 5.65. The molecule has 0 unspecified atom stereocenters. The summed E-state index contributed by atoms with van der Waals surface area (Å²) in [5.74, 6) is 1.75. The van der Waals surface area contributed by atoms with Crippen molar-refractivity contribution in [2.75, 3.05) is 39.9 Å². The van der Waals surface area contributed by atoms with Crippen molar-refractivity contribution in [1.29, 1.82) is 0 Å². The van der Waals surface area contributed by atoms with Crippen LogP contribution in [0.15, 0.2) is 22.7 Å². The molecule has 1 heterocycles. The summed E-state index contributed by atoms with van der Waals surface area (Å²) in [7, 11) is 1.78. The summed E-state index contributed by atoms with van der Waals surface area (Å²) in [6.45, 7) is 5.64. The highest BCUT2D eigenvalue weighted by molar-refractivity contribution is 9.10. The molecule has 0 amide bonds. The van der Waals surface area contributed by atoms with E-state index in [9.17, 15) is 0 Å². The SMILES string of the molecule is COCCN[C@H]1CC[C@H](CCCN2CCC(Cc3cc(Cl)ccc3Br)CC2)CC1. The molecular formula is C24H38BrClN2O. The van der Waals surface area contributed by atoms with Gasteiger partial charge in [0.2, 0.25) is 0 Å². The minimum Gasteiger partial charge on any atom is -0.383 e. The van der Waals surface area contributed by atoms with Crippen molar-refractivity contribution in [1.82, 2.24) is 10.2 Å². The highest BCUT2D eigenvalue weighted by atomic mass is 79.9. The molecule has 29 heavy (non-hydrogen) atoms. The first-order chi connectivity index (χ1) is 14.1. The molecule has 2 fully saturated rings. The third-order valence-corrected chi connectivity index (χ3v) is 7.90. The monoisotopic (exact) mass is 484 g/mol. The van der Waals surface area contributed by atoms with E-state index in [0.29, 0.717) is 0 Å². The normalized spacial score (nSPS) is 24.1. The highest BCUT2D eigenvalue weighted by Gasteiger charge is 2.22. The zero-order valence-corrected chi connectivity index (χ0v) is 20.3. The van der Waals surface area contributed by atoms with E-state index in [-0.39, 0.29) is 0 Å². The molecule has 3 rings (SSSR count). The fraction of sp³-hybridized carbons (Fsp3) is 0.750. The third kappa shape index (κ3) is 8.14. The van der Waals surface area contributed by atoms with Gasteiger partial charge in [0, 0.05) is 29.2 Å². The number of halogens is 2. The third-order valence-electron chi connectivity index (χ3n) is 6.90. The summed E-state index contributed by atoms with van der Waals surface area (Å²) in [5.41, 5.74) is 1.36. The lowest BCUT2D eigenvalue weighted by atomic mass is 9.83. The Hall–Kier alpha value is -0.130. The minimum atomic E-state index is 0.722. The molecule has 1 N–H and O–H groups in total. The number of hydrogen-bond acceptors (Lipinski definition) is 3. The Morgan fingerprint density at radius 2 is 1.86 bits per heavy atom. The summed E-state index contributed by atoms with van der Waals surface area (Å²) >= 11 is 9.86. The number of hydrogen-bond donors (Lipinski definition) is 1. The number of ether oxygens (including phenoxy) is 1. The molecule has 1 saturated heterocycles. The summed E-state index contributed by atoms with van der Waals surface area (Å²) in [6, 6.07) is 6.89. The molecule has 0 atom stereocenters. The predicted octanol–water partition coefficient (Wildman–Crippen LogP) is 5.93. The molecule has 1 aliphatic heterocycles. The van der Waals surface area contributed by atoms with Crippen molar-refractivity contribution < 1.29 is 4.74 Å². The molecule has 164 valence electrons. The van der Waals surface area contributed by atoms with Crippen LogP contribution in [0.4, 0.5) is 0 Å². The summed E-state index contributed by atoms with van der Waals surface area (Å²) in [6.07, 6.45) is 12.1. The standard InChI is InChI=1S/C24H38BrClN2O/c1-29-16-12-27-23-7-4-19(5-8-23)3-2-13-28-14-10-20(11-15-28)17-21-18-22(26)6-9-24(21)25/h6,9,18-20,23,27H,2-5,7-8,10-17H2,1H3/t19-,23-. The summed E-state index contributed by atoms with van der Waals surface area (Å²) < 4.78 is 6.34. The van der Waals surface area contributed by atoms with Gasteiger partial charge in [0.1, 0.15) is 0 Å². The lowest BCUT2D eigenvalue weighted by molar-refractivity contribution is 0.171. The van der Waals surface area contributed by atoms with Crippen molar-refractivity contribution in [3.63, 3.8) is 0 Å². The smallest absolute Gasteiger partial charge is 0.0587 e. The summed E-state index contributed by atoms with van der Waals surface area (Å²) in [5, 5.41) is 4.48. The molecule has 1 aromatic carbocycles. The van der Waals surface area contributed by atoms with Crippen molar-refractivity contribution in [2.24, 2.45) is 11.8 Å². The molecule has 1 aromatic rings. The van der Waals surface area contributed by atoms with Gasteiger partial charge in [0.25, 0.3) is 0 Å². The number of benzene rings is 1. The van der Waals surface area contributed by atoms with Gasteiger partial charge in [-0.2, -0.15) is 0 Å². The van der Waals surface area contributed by atoms with Crippen LogP contribution in [0.25, 0.3) is 0 Å². The van der Waals surface area contributed by atoms with Crippen LogP contribution in [-0.2, 0) is 11.2 Å². The molecule has 1 saturated carbocycles. The van der Waals surface area contributed by atoms with Gasteiger partial charge in [-0.05, 0) is 113 Å². The number of likely N-dealkylation sites (tertiary alicyclic amines) is 1. The van der Waals surface area contributed by atoms with Crippen molar-refractivity contribution in [3.05, 3.63) is 33.3 Å². The van der Waals surface area contributed by atoms with E-state index in [0.717, 1.165) is 42.5 Å². The Morgan fingerprint density at radius 3 is 2.59 bits per heavy atom. The fourth-order valence-electron chi connectivity index (χ4n) is 5.05. The predicted molar refractivity (Wildman–Crippen MR) is 127 cm³/mol. The van der Waals surface area contributed by atoms with Gasteiger partial charge in [-0.1, -0.05) is 27.5 Å². The second-order valence-electron chi connectivity index (χ2n) is 9.03. The van der Waals surface area contributed by atoms with Crippen LogP contribution in [0.1, 0.15) is 56.9 Å². The van der Waals surface area contributed by atoms with Crippen LogP contribution in [-0.4, -0.2) is 50.8 Å². The van der Waals surface area contributed by atoms with E-state index < -0.39 is 0 Å². The van der Waals surface area contributed by atoms with Crippen LogP contribution < -0.4 is 5.32 Å². The van der Waals surface area contributed by atoms with Gasteiger partial charge in [-0.25, -0.2) is 0 Å².